The number of fused-ring (bicyclic) bond motifs is 1. The van der Waals surface area contributed by atoms with Gasteiger partial charge < -0.3 is 19.8 Å². The highest BCUT2D eigenvalue weighted by Crippen LogP contribution is 2.38. The number of ether oxygens (including phenoxy) is 2. The van der Waals surface area contributed by atoms with Gasteiger partial charge >= 0.3 is 0 Å². The summed E-state index contributed by atoms with van der Waals surface area (Å²) in [7, 11) is 1.64. The molecule has 0 atom stereocenters. The predicted molar refractivity (Wildman–Crippen MR) is 145 cm³/mol. The van der Waals surface area contributed by atoms with Crippen LogP contribution in [0.15, 0.2) is 42.5 Å². The van der Waals surface area contributed by atoms with Gasteiger partial charge in [-0.2, -0.15) is 0 Å². The van der Waals surface area contributed by atoms with E-state index in [-0.39, 0.29) is 16.7 Å². The molecule has 35 heavy (non-hydrogen) atoms. The third-order valence-corrected chi connectivity index (χ3v) is 7.44. The maximum absolute atomic E-state index is 12.5. The molecule has 0 aliphatic heterocycles. The van der Waals surface area contributed by atoms with E-state index >= 15 is 0 Å². The van der Waals surface area contributed by atoms with Crippen molar-refractivity contribution in [1.82, 2.24) is 10.3 Å². The van der Waals surface area contributed by atoms with Gasteiger partial charge in [-0.3, -0.25) is 4.79 Å². The van der Waals surface area contributed by atoms with E-state index in [1.807, 2.05) is 24.3 Å². The van der Waals surface area contributed by atoms with Gasteiger partial charge in [0.15, 0.2) is 0 Å². The molecule has 0 saturated heterocycles. The summed E-state index contributed by atoms with van der Waals surface area (Å²) >= 11 is 0. The maximum Gasteiger partial charge on any atom is 0.267 e. The average molecular weight is 479 g/mol. The minimum Gasteiger partial charge on any atom is -0.497 e. The fourth-order valence-electron chi connectivity index (χ4n) is 4.07. The van der Waals surface area contributed by atoms with Gasteiger partial charge in [0, 0.05) is 23.0 Å². The Morgan fingerprint density at radius 2 is 1.69 bits per heavy atom. The van der Waals surface area contributed by atoms with Crippen molar-refractivity contribution in [3.05, 3.63) is 59.3 Å². The van der Waals surface area contributed by atoms with Crippen LogP contribution in [0.2, 0.25) is 0 Å². The van der Waals surface area contributed by atoms with Crippen molar-refractivity contribution in [3.8, 4) is 11.5 Å². The van der Waals surface area contributed by atoms with E-state index in [2.05, 4.69) is 70.0 Å². The average Bonchev–Trinajstić information content (AvgIpc) is 3.29. The van der Waals surface area contributed by atoms with Gasteiger partial charge in [0.25, 0.3) is 5.91 Å². The van der Waals surface area contributed by atoms with Gasteiger partial charge in [-0.1, -0.05) is 53.7 Å². The summed E-state index contributed by atoms with van der Waals surface area (Å²) in [5, 5.41) is 3.97. The number of benzene rings is 2. The Balaban J connectivity index is 1.53. The largest absolute Gasteiger partial charge is 0.497 e. The normalized spacial score (nSPS) is 12.1. The van der Waals surface area contributed by atoms with E-state index in [1.54, 1.807) is 7.11 Å². The first-order valence-corrected chi connectivity index (χ1v) is 12.8. The standard InChI is InChI=1S/C30H42N2O3/c1-8-29(3,4)22-12-15-27(24(20-22)30(5,6)9-2)35-17-11-10-16-31-28(33)26-19-21-18-23(34-7)13-14-25(21)32-26/h12-15,18-20,32H,8-11,16-17H2,1-7H3,(H,31,33). The van der Waals surface area contributed by atoms with Crippen molar-refractivity contribution in [3.63, 3.8) is 0 Å². The van der Waals surface area contributed by atoms with Crippen molar-refractivity contribution in [2.24, 2.45) is 0 Å². The lowest BCUT2D eigenvalue weighted by atomic mass is 9.76. The second-order valence-corrected chi connectivity index (χ2v) is 10.6. The summed E-state index contributed by atoms with van der Waals surface area (Å²) in [6, 6.07) is 14.3. The Hall–Kier alpha value is -2.95. The first-order valence-electron chi connectivity index (χ1n) is 12.8. The molecule has 1 aromatic heterocycles. The number of methoxy groups -OCH3 is 1. The molecule has 5 heteroatoms. The lowest BCUT2D eigenvalue weighted by molar-refractivity contribution is 0.0948. The van der Waals surface area contributed by atoms with Crippen molar-refractivity contribution < 1.29 is 14.3 Å². The number of aromatic amines is 1. The number of carbonyl (C=O) groups is 1. The fourth-order valence-corrected chi connectivity index (χ4v) is 4.07. The first kappa shape index (κ1) is 26.7. The molecule has 0 bridgehead atoms. The molecule has 1 heterocycles. The number of unbranched alkanes of at least 4 members (excludes halogenated alkanes) is 1. The van der Waals surface area contributed by atoms with Crippen LogP contribution in [0.25, 0.3) is 10.9 Å². The van der Waals surface area contributed by atoms with Crippen LogP contribution in [0.3, 0.4) is 0 Å². The quantitative estimate of drug-likeness (QED) is 0.272. The molecule has 0 fully saturated rings. The summed E-state index contributed by atoms with van der Waals surface area (Å²) in [5.41, 5.74) is 4.32. The Bertz CT molecular complexity index is 1140. The van der Waals surface area contributed by atoms with Crippen LogP contribution < -0.4 is 14.8 Å². The zero-order valence-corrected chi connectivity index (χ0v) is 22.5. The van der Waals surface area contributed by atoms with Crippen LogP contribution in [0.1, 0.15) is 88.8 Å². The third kappa shape index (κ3) is 6.39. The van der Waals surface area contributed by atoms with Gasteiger partial charge in [0.2, 0.25) is 0 Å². The SMILES string of the molecule is CCC(C)(C)c1ccc(OCCCCNC(=O)c2cc3cc(OC)ccc3[nH]2)c(C(C)(C)CC)c1. The lowest BCUT2D eigenvalue weighted by Crippen LogP contribution is -2.25. The van der Waals surface area contributed by atoms with Gasteiger partial charge in [-0.15, -0.1) is 0 Å². The van der Waals surface area contributed by atoms with Gasteiger partial charge in [0.1, 0.15) is 17.2 Å². The summed E-state index contributed by atoms with van der Waals surface area (Å²) in [6.07, 6.45) is 3.87. The molecule has 5 nitrogen and oxygen atoms in total. The van der Waals surface area contributed by atoms with E-state index in [4.69, 9.17) is 9.47 Å². The van der Waals surface area contributed by atoms with Crippen molar-refractivity contribution in [1.29, 1.82) is 0 Å². The van der Waals surface area contributed by atoms with E-state index in [0.29, 0.717) is 18.8 Å². The second kappa shape index (κ2) is 11.2. The topological polar surface area (TPSA) is 63.4 Å². The number of hydrogen-bond acceptors (Lipinski definition) is 3. The van der Waals surface area contributed by atoms with E-state index < -0.39 is 0 Å². The smallest absolute Gasteiger partial charge is 0.267 e. The fraction of sp³-hybridized carbons (Fsp3) is 0.500. The maximum atomic E-state index is 12.5. The third-order valence-electron chi connectivity index (χ3n) is 7.44. The molecule has 0 unspecified atom stereocenters. The Labute approximate surface area is 210 Å². The number of hydrogen-bond donors (Lipinski definition) is 2. The molecule has 2 aromatic carbocycles. The summed E-state index contributed by atoms with van der Waals surface area (Å²) in [6.45, 7) is 14.9. The Kier molecular flexibility index (Phi) is 8.52. The highest BCUT2D eigenvalue weighted by Gasteiger charge is 2.26. The van der Waals surface area contributed by atoms with E-state index in [0.717, 1.165) is 48.1 Å². The number of amides is 1. The highest BCUT2D eigenvalue weighted by molar-refractivity contribution is 5.98. The minimum absolute atomic E-state index is 0.0484. The molecule has 3 aromatic rings. The van der Waals surface area contributed by atoms with E-state index in [9.17, 15) is 4.79 Å². The molecule has 190 valence electrons. The van der Waals surface area contributed by atoms with Gasteiger partial charge in [0.05, 0.1) is 13.7 Å². The molecular formula is C30H42N2O3. The zero-order valence-electron chi connectivity index (χ0n) is 22.5. The van der Waals surface area contributed by atoms with Gasteiger partial charge in [-0.05, 0) is 72.4 Å². The van der Waals surface area contributed by atoms with Crippen LogP contribution in [-0.4, -0.2) is 31.2 Å². The van der Waals surface area contributed by atoms with Crippen LogP contribution in [0.4, 0.5) is 0 Å². The number of carbonyl (C=O) groups excluding carboxylic acids is 1. The zero-order chi connectivity index (χ0) is 25.6. The number of aromatic nitrogens is 1. The molecular weight excluding hydrogens is 436 g/mol. The van der Waals surface area contributed by atoms with Crippen molar-refractivity contribution in [2.75, 3.05) is 20.3 Å². The van der Waals surface area contributed by atoms with Crippen LogP contribution in [0, 0.1) is 0 Å². The molecule has 3 rings (SSSR count). The lowest BCUT2D eigenvalue weighted by Gasteiger charge is -2.30. The number of H-pyrrole nitrogens is 1. The molecule has 2 N–H and O–H groups in total. The van der Waals surface area contributed by atoms with Crippen molar-refractivity contribution in [2.45, 2.75) is 78.1 Å². The summed E-state index contributed by atoms with van der Waals surface area (Å²) < 4.78 is 11.5. The number of nitrogens with one attached hydrogen (secondary N) is 2. The highest BCUT2D eigenvalue weighted by atomic mass is 16.5. The second-order valence-electron chi connectivity index (χ2n) is 10.6. The molecule has 1 amide bonds. The molecule has 0 aliphatic rings. The minimum atomic E-state index is -0.0952. The Morgan fingerprint density at radius 3 is 2.37 bits per heavy atom. The van der Waals surface area contributed by atoms with E-state index in [1.165, 1.54) is 11.1 Å². The van der Waals surface area contributed by atoms with Gasteiger partial charge in [-0.25, -0.2) is 0 Å². The summed E-state index contributed by atoms with van der Waals surface area (Å²) in [4.78, 5) is 15.7. The van der Waals surface area contributed by atoms with Crippen molar-refractivity contribution >= 4 is 16.8 Å². The Morgan fingerprint density at radius 1 is 0.943 bits per heavy atom. The summed E-state index contributed by atoms with van der Waals surface area (Å²) in [5.74, 6) is 1.66. The predicted octanol–water partition coefficient (Wildman–Crippen LogP) is 7.14. The molecule has 0 aliphatic carbocycles. The molecule has 0 radical (unpaired) electrons. The monoisotopic (exact) mass is 478 g/mol. The molecule has 0 saturated carbocycles. The van der Waals surface area contributed by atoms with Crippen LogP contribution in [0.5, 0.6) is 11.5 Å². The number of rotatable bonds is 12. The first-order chi connectivity index (χ1) is 16.6. The van der Waals surface area contributed by atoms with Crippen LogP contribution >= 0.6 is 0 Å². The molecule has 0 spiro atoms. The van der Waals surface area contributed by atoms with Crippen LogP contribution in [-0.2, 0) is 10.8 Å².